The molecule has 0 atom stereocenters. The van der Waals surface area contributed by atoms with Gasteiger partial charge in [-0.05, 0) is 25.7 Å². The van der Waals surface area contributed by atoms with E-state index >= 15 is 0 Å². The Labute approximate surface area is 143 Å². The third-order valence-corrected chi connectivity index (χ3v) is 5.63. The molecule has 1 aliphatic carbocycles. The van der Waals surface area contributed by atoms with Crippen molar-refractivity contribution in [1.82, 2.24) is 20.1 Å². The van der Waals surface area contributed by atoms with Gasteiger partial charge in [-0.3, -0.25) is 10.1 Å². The van der Waals surface area contributed by atoms with Crippen molar-refractivity contribution in [3.05, 3.63) is 38.2 Å². The fourth-order valence-corrected chi connectivity index (χ4v) is 4.31. The minimum atomic E-state index is -0.236. The highest BCUT2D eigenvalue weighted by Gasteiger charge is 2.23. The third-order valence-electron chi connectivity index (χ3n) is 4.55. The highest BCUT2D eigenvalue weighted by Crippen LogP contribution is 2.29. The van der Waals surface area contributed by atoms with E-state index in [0.29, 0.717) is 24.6 Å². The second kappa shape index (κ2) is 6.35. The Kier molecular flexibility index (Phi) is 4.05. The predicted molar refractivity (Wildman–Crippen MR) is 91.4 cm³/mol. The summed E-state index contributed by atoms with van der Waals surface area (Å²) in [7, 11) is 0. The summed E-state index contributed by atoms with van der Waals surface area (Å²) >= 11 is 1.59. The van der Waals surface area contributed by atoms with Crippen molar-refractivity contribution < 1.29 is 4.79 Å². The fourth-order valence-electron chi connectivity index (χ4n) is 3.27. The average molecular weight is 345 g/mol. The van der Waals surface area contributed by atoms with Gasteiger partial charge in [-0.25, -0.2) is 14.9 Å². The lowest BCUT2D eigenvalue weighted by atomic mass is 10.1. The van der Waals surface area contributed by atoms with Crippen molar-refractivity contribution in [2.75, 3.05) is 11.9 Å². The van der Waals surface area contributed by atoms with E-state index in [1.807, 2.05) is 0 Å². The molecule has 0 bridgehead atoms. The maximum Gasteiger partial charge on any atom is 0.323 e. The number of anilines is 1. The number of carbonyl (C=O) groups excluding carboxylic acids is 1. The molecule has 24 heavy (non-hydrogen) atoms. The number of nitrogens with zero attached hydrogens (tertiary/aromatic N) is 3. The third kappa shape index (κ3) is 3.06. The van der Waals surface area contributed by atoms with Crippen LogP contribution < -0.4 is 10.9 Å². The summed E-state index contributed by atoms with van der Waals surface area (Å²) in [5.41, 5.74) is 2.59. The standard InChI is InChI=1S/C16H19N5O2S/c22-14-8-10-9-21(7-6-11(10)19-20-14)16(23)18-15-17-12-4-2-1-3-5-13(12)24-15/h8H,1-7,9H2,(H,20,22)(H,17,18,23). The second-order valence-corrected chi connectivity index (χ2v) is 7.34. The van der Waals surface area contributed by atoms with Gasteiger partial charge in [-0.2, -0.15) is 5.10 Å². The summed E-state index contributed by atoms with van der Waals surface area (Å²) in [6.07, 6.45) is 6.35. The summed E-state index contributed by atoms with van der Waals surface area (Å²) in [6, 6.07) is 1.36. The first-order chi connectivity index (χ1) is 11.7. The number of carbonyl (C=O) groups is 1. The molecule has 0 saturated heterocycles. The Morgan fingerprint density at radius 1 is 1.21 bits per heavy atom. The molecule has 2 N–H and O–H groups in total. The molecule has 7 nitrogen and oxygen atoms in total. The van der Waals surface area contributed by atoms with Crippen LogP contribution in [0, 0.1) is 0 Å². The van der Waals surface area contributed by atoms with Crippen molar-refractivity contribution in [1.29, 1.82) is 0 Å². The smallest absolute Gasteiger partial charge is 0.320 e. The molecule has 0 radical (unpaired) electrons. The van der Waals surface area contributed by atoms with Gasteiger partial charge < -0.3 is 4.90 Å². The van der Waals surface area contributed by atoms with E-state index in [2.05, 4.69) is 20.5 Å². The van der Waals surface area contributed by atoms with Crippen LogP contribution in [0.2, 0.25) is 0 Å². The van der Waals surface area contributed by atoms with Crippen LogP contribution in [0.25, 0.3) is 0 Å². The summed E-state index contributed by atoms with van der Waals surface area (Å²) in [4.78, 5) is 31.5. The van der Waals surface area contributed by atoms with E-state index in [1.165, 1.54) is 30.2 Å². The minimum Gasteiger partial charge on any atom is -0.320 e. The topological polar surface area (TPSA) is 91.0 Å². The number of hydrogen-bond donors (Lipinski definition) is 2. The molecule has 2 aromatic rings. The maximum atomic E-state index is 12.5. The van der Waals surface area contributed by atoms with Crippen LogP contribution in [0.4, 0.5) is 9.93 Å². The van der Waals surface area contributed by atoms with E-state index < -0.39 is 0 Å². The molecule has 126 valence electrons. The summed E-state index contributed by atoms with van der Waals surface area (Å²) in [5, 5.41) is 10.1. The van der Waals surface area contributed by atoms with Gasteiger partial charge in [0.1, 0.15) is 0 Å². The molecule has 2 amide bonds. The normalized spacial score (nSPS) is 16.9. The average Bonchev–Trinajstić information content (AvgIpc) is 2.82. The summed E-state index contributed by atoms with van der Waals surface area (Å²) in [6.45, 7) is 0.992. The molecule has 4 rings (SSSR count). The Morgan fingerprint density at radius 3 is 3.00 bits per heavy atom. The number of H-pyrrole nitrogens is 1. The van der Waals surface area contributed by atoms with E-state index in [0.717, 1.165) is 29.8 Å². The van der Waals surface area contributed by atoms with Crippen LogP contribution in [0.5, 0.6) is 0 Å². The lowest BCUT2D eigenvalue weighted by molar-refractivity contribution is 0.205. The number of aryl methyl sites for hydroxylation is 2. The molecule has 2 aromatic heterocycles. The quantitative estimate of drug-likeness (QED) is 0.774. The summed E-state index contributed by atoms with van der Waals surface area (Å²) < 4.78 is 0. The highest BCUT2D eigenvalue weighted by atomic mass is 32.1. The first-order valence-electron chi connectivity index (χ1n) is 8.31. The van der Waals surface area contributed by atoms with Gasteiger partial charge in [-0.1, -0.05) is 6.42 Å². The van der Waals surface area contributed by atoms with Crippen LogP contribution >= 0.6 is 11.3 Å². The molecule has 2 aliphatic rings. The van der Waals surface area contributed by atoms with Crippen LogP contribution in [-0.4, -0.2) is 32.7 Å². The molecule has 0 saturated carbocycles. The molecular formula is C16H19N5O2S. The van der Waals surface area contributed by atoms with Gasteiger partial charge in [0.05, 0.1) is 11.4 Å². The van der Waals surface area contributed by atoms with Gasteiger partial charge in [0, 0.05) is 36.0 Å². The van der Waals surface area contributed by atoms with Gasteiger partial charge in [0.15, 0.2) is 5.13 Å². The second-order valence-electron chi connectivity index (χ2n) is 6.26. The number of rotatable bonds is 1. The Morgan fingerprint density at radius 2 is 2.08 bits per heavy atom. The lowest BCUT2D eigenvalue weighted by Crippen LogP contribution is -2.39. The van der Waals surface area contributed by atoms with E-state index in [9.17, 15) is 9.59 Å². The number of urea groups is 1. The van der Waals surface area contributed by atoms with Gasteiger partial charge in [0.2, 0.25) is 0 Å². The molecule has 1 aliphatic heterocycles. The first-order valence-corrected chi connectivity index (χ1v) is 9.13. The zero-order valence-corrected chi connectivity index (χ0v) is 14.1. The fraction of sp³-hybridized carbons (Fsp3) is 0.500. The van der Waals surface area contributed by atoms with E-state index in [-0.39, 0.29) is 11.6 Å². The maximum absolute atomic E-state index is 12.5. The van der Waals surface area contributed by atoms with Crippen LogP contribution in [-0.2, 0) is 25.8 Å². The van der Waals surface area contributed by atoms with Crippen LogP contribution in [0.15, 0.2) is 10.9 Å². The predicted octanol–water partition coefficient (Wildman–Crippen LogP) is 2.09. The van der Waals surface area contributed by atoms with Crippen molar-refractivity contribution in [3.63, 3.8) is 0 Å². The molecule has 0 fully saturated rings. The molecule has 8 heteroatoms. The van der Waals surface area contributed by atoms with Crippen molar-refractivity contribution in [2.45, 2.75) is 45.1 Å². The number of thiazole rings is 1. The van der Waals surface area contributed by atoms with Gasteiger partial charge in [0.25, 0.3) is 5.56 Å². The largest absolute Gasteiger partial charge is 0.323 e. The monoisotopic (exact) mass is 345 g/mol. The zero-order chi connectivity index (χ0) is 16.5. The van der Waals surface area contributed by atoms with Gasteiger partial charge >= 0.3 is 6.03 Å². The van der Waals surface area contributed by atoms with Crippen LogP contribution in [0.3, 0.4) is 0 Å². The van der Waals surface area contributed by atoms with Crippen molar-refractivity contribution in [2.24, 2.45) is 0 Å². The number of hydrogen-bond acceptors (Lipinski definition) is 5. The number of nitrogens with one attached hydrogen (secondary N) is 2. The lowest BCUT2D eigenvalue weighted by Gasteiger charge is -2.27. The van der Waals surface area contributed by atoms with Gasteiger partial charge in [-0.15, -0.1) is 11.3 Å². The van der Waals surface area contributed by atoms with Crippen molar-refractivity contribution >= 4 is 22.5 Å². The molecule has 0 unspecified atom stereocenters. The molecular weight excluding hydrogens is 326 g/mol. The molecule has 3 heterocycles. The number of amides is 2. The molecule has 0 spiro atoms. The molecule has 0 aromatic carbocycles. The SMILES string of the molecule is O=C(Nc1nc2c(s1)CCCCC2)N1CCc2n[nH]c(=O)cc2C1. The Bertz CT molecular complexity index is 805. The van der Waals surface area contributed by atoms with Crippen LogP contribution in [0.1, 0.15) is 41.1 Å². The van der Waals surface area contributed by atoms with E-state index in [4.69, 9.17) is 0 Å². The van der Waals surface area contributed by atoms with Crippen molar-refractivity contribution in [3.8, 4) is 0 Å². The first kappa shape index (κ1) is 15.3. The van der Waals surface area contributed by atoms with E-state index in [1.54, 1.807) is 16.2 Å². The zero-order valence-electron chi connectivity index (χ0n) is 13.3. The number of fused-ring (bicyclic) bond motifs is 2. The Balaban J connectivity index is 1.46. The Hall–Kier alpha value is -2.22. The summed E-state index contributed by atoms with van der Waals surface area (Å²) in [5.74, 6) is 0. The number of aromatic nitrogens is 3. The minimum absolute atomic E-state index is 0.162. The number of aromatic amines is 1. The highest BCUT2D eigenvalue weighted by molar-refractivity contribution is 7.15.